The summed E-state index contributed by atoms with van der Waals surface area (Å²) in [4.78, 5) is 24.0. The average Bonchev–Trinajstić information content (AvgIpc) is 2.60. The quantitative estimate of drug-likeness (QED) is 0.750. The molecule has 0 spiro atoms. The van der Waals surface area contributed by atoms with E-state index in [1.807, 2.05) is 61.5 Å². The van der Waals surface area contributed by atoms with Gasteiger partial charge in [-0.2, -0.15) is 0 Å². The number of hydrogen-bond acceptors (Lipinski definition) is 2. The summed E-state index contributed by atoms with van der Waals surface area (Å²) in [5, 5.41) is 14.1. The molecule has 0 saturated heterocycles. The van der Waals surface area contributed by atoms with Gasteiger partial charge in [-0.15, -0.1) is 0 Å². The van der Waals surface area contributed by atoms with Crippen LogP contribution in [-0.4, -0.2) is 23.0 Å². The van der Waals surface area contributed by atoms with Crippen LogP contribution in [0.4, 0.5) is 0 Å². The largest absolute Gasteiger partial charge is 0.480 e. The Bertz CT molecular complexity index is 933. The Morgan fingerprint density at radius 3 is 2.44 bits per heavy atom. The molecule has 0 aromatic heterocycles. The van der Waals surface area contributed by atoms with E-state index in [0.29, 0.717) is 5.56 Å². The molecule has 0 aliphatic rings. The van der Waals surface area contributed by atoms with Gasteiger partial charge in [-0.25, -0.2) is 4.79 Å². The number of fused-ring (bicyclic) bond motifs is 1. The number of aryl methyl sites for hydroxylation is 1. The standard InChI is InChI=1S/C21H19NO3/c1-14-5-4-6-15(11-14)12-19(21(24)25)22-20(23)18-10-9-16-7-2-3-8-17(16)13-18/h2-11,13,19H,12H2,1H3,(H,22,23)(H,24,25)/t19-/m1/s1. The number of carbonyl (C=O) groups excluding carboxylic acids is 1. The van der Waals surface area contributed by atoms with E-state index < -0.39 is 12.0 Å². The lowest BCUT2D eigenvalue weighted by Crippen LogP contribution is -2.42. The topological polar surface area (TPSA) is 66.4 Å². The van der Waals surface area contributed by atoms with Crippen molar-refractivity contribution >= 4 is 22.6 Å². The fourth-order valence-electron chi connectivity index (χ4n) is 2.85. The zero-order valence-electron chi connectivity index (χ0n) is 13.9. The Labute approximate surface area is 146 Å². The molecule has 126 valence electrons. The van der Waals surface area contributed by atoms with E-state index in [9.17, 15) is 14.7 Å². The van der Waals surface area contributed by atoms with Crippen LogP contribution in [-0.2, 0) is 11.2 Å². The van der Waals surface area contributed by atoms with E-state index in [4.69, 9.17) is 0 Å². The maximum atomic E-state index is 12.5. The Morgan fingerprint density at radius 1 is 0.960 bits per heavy atom. The molecular formula is C21H19NO3. The highest BCUT2D eigenvalue weighted by molar-refractivity contribution is 6.00. The molecule has 0 aliphatic heterocycles. The van der Waals surface area contributed by atoms with Crippen LogP contribution in [0, 0.1) is 6.92 Å². The van der Waals surface area contributed by atoms with Crippen molar-refractivity contribution in [3.63, 3.8) is 0 Å². The summed E-state index contributed by atoms with van der Waals surface area (Å²) in [5.74, 6) is -1.43. The first-order valence-corrected chi connectivity index (χ1v) is 8.11. The molecule has 2 N–H and O–H groups in total. The molecule has 1 amide bonds. The van der Waals surface area contributed by atoms with Crippen LogP contribution in [0.2, 0.25) is 0 Å². The van der Waals surface area contributed by atoms with Gasteiger partial charge in [-0.3, -0.25) is 4.79 Å². The Hall–Kier alpha value is -3.14. The van der Waals surface area contributed by atoms with Gasteiger partial charge in [0.2, 0.25) is 0 Å². The van der Waals surface area contributed by atoms with Crippen LogP contribution in [0.5, 0.6) is 0 Å². The van der Waals surface area contributed by atoms with Gasteiger partial charge in [0.1, 0.15) is 6.04 Å². The molecule has 0 heterocycles. The predicted molar refractivity (Wildman–Crippen MR) is 97.7 cm³/mol. The van der Waals surface area contributed by atoms with Crippen LogP contribution in [0.3, 0.4) is 0 Å². The minimum atomic E-state index is -1.05. The van der Waals surface area contributed by atoms with Gasteiger partial charge in [0.15, 0.2) is 0 Å². The van der Waals surface area contributed by atoms with Crippen molar-refractivity contribution in [1.29, 1.82) is 0 Å². The van der Waals surface area contributed by atoms with E-state index in [1.165, 1.54) is 0 Å². The van der Waals surface area contributed by atoms with Crippen molar-refractivity contribution < 1.29 is 14.7 Å². The molecule has 4 heteroatoms. The second-order valence-electron chi connectivity index (χ2n) is 6.12. The first-order valence-electron chi connectivity index (χ1n) is 8.11. The minimum absolute atomic E-state index is 0.246. The zero-order chi connectivity index (χ0) is 17.8. The molecule has 3 aromatic rings. The molecule has 0 radical (unpaired) electrons. The number of hydrogen-bond donors (Lipinski definition) is 2. The summed E-state index contributed by atoms with van der Waals surface area (Å²) < 4.78 is 0. The molecule has 4 nitrogen and oxygen atoms in total. The fraction of sp³-hybridized carbons (Fsp3) is 0.143. The fourth-order valence-corrected chi connectivity index (χ4v) is 2.85. The summed E-state index contributed by atoms with van der Waals surface area (Å²) in [6, 6.07) is 19.7. The predicted octanol–water partition coefficient (Wildman–Crippen LogP) is 3.57. The number of carboxylic acids is 1. The average molecular weight is 333 g/mol. The number of carboxylic acid groups (broad SMARTS) is 1. The van der Waals surface area contributed by atoms with Crippen molar-refractivity contribution in [2.24, 2.45) is 0 Å². The second-order valence-corrected chi connectivity index (χ2v) is 6.12. The number of aliphatic carboxylic acids is 1. The third kappa shape index (κ3) is 4.04. The van der Waals surface area contributed by atoms with Crippen LogP contribution in [0.15, 0.2) is 66.7 Å². The minimum Gasteiger partial charge on any atom is -0.480 e. The number of benzene rings is 3. The number of carbonyl (C=O) groups is 2. The molecule has 0 aliphatic carbocycles. The highest BCUT2D eigenvalue weighted by Crippen LogP contribution is 2.16. The lowest BCUT2D eigenvalue weighted by Gasteiger charge is -2.15. The number of rotatable bonds is 5. The van der Waals surface area contributed by atoms with Crippen molar-refractivity contribution in [3.05, 3.63) is 83.4 Å². The second kappa shape index (κ2) is 7.18. The van der Waals surface area contributed by atoms with Crippen LogP contribution in [0.1, 0.15) is 21.5 Å². The van der Waals surface area contributed by atoms with Gasteiger partial charge in [-0.1, -0.05) is 60.2 Å². The molecule has 0 bridgehead atoms. The van der Waals surface area contributed by atoms with Crippen molar-refractivity contribution in [3.8, 4) is 0 Å². The Morgan fingerprint density at radius 2 is 1.72 bits per heavy atom. The molecule has 1 atom stereocenters. The highest BCUT2D eigenvalue weighted by atomic mass is 16.4. The summed E-state index contributed by atoms with van der Waals surface area (Å²) in [6.07, 6.45) is 0.246. The van der Waals surface area contributed by atoms with E-state index in [2.05, 4.69) is 5.32 Å². The van der Waals surface area contributed by atoms with E-state index in [1.54, 1.807) is 12.1 Å². The Kier molecular flexibility index (Phi) is 4.80. The van der Waals surface area contributed by atoms with E-state index in [-0.39, 0.29) is 12.3 Å². The summed E-state index contributed by atoms with van der Waals surface area (Å²) >= 11 is 0. The summed E-state index contributed by atoms with van der Waals surface area (Å²) in [5.41, 5.74) is 2.39. The van der Waals surface area contributed by atoms with Gasteiger partial charge in [0, 0.05) is 12.0 Å². The van der Waals surface area contributed by atoms with Crippen molar-refractivity contribution in [1.82, 2.24) is 5.32 Å². The molecule has 0 saturated carbocycles. The van der Waals surface area contributed by atoms with E-state index >= 15 is 0 Å². The van der Waals surface area contributed by atoms with Gasteiger partial charge in [0.25, 0.3) is 5.91 Å². The Balaban J connectivity index is 1.78. The number of nitrogens with one attached hydrogen (secondary N) is 1. The van der Waals surface area contributed by atoms with Gasteiger partial charge < -0.3 is 10.4 Å². The smallest absolute Gasteiger partial charge is 0.326 e. The summed E-state index contributed by atoms with van der Waals surface area (Å²) in [7, 11) is 0. The normalized spacial score (nSPS) is 11.9. The third-order valence-electron chi connectivity index (χ3n) is 4.14. The maximum absolute atomic E-state index is 12.5. The lowest BCUT2D eigenvalue weighted by atomic mass is 10.0. The van der Waals surface area contributed by atoms with Gasteiger partial charge in [0.05, 0.1) is 0 Å². The first-order chi connectivity index (χ1) is 12.0. The van der Waals surface area contributed by atoms with Crippen molar-refractivity contribution in [2.75, 3.05) is 0 Å². The van der Waals surface area contributed by atoms with Crippen LogP contribution < -0.4 is 5.32 Å². The molecule has 25 heavy (non-hydrogen) atoms. The van der Waals surface area contributed by atoms with Crippen LogP contribution in [0.25, 0.3) is 10.8 Å². The first kappa shape index (κ1) is 16.7. The monoisotopic (exact) mass is 333 g/mol. The highest BCUT2D eigenvalue weighted by Gasteiger charge is 2.21. The summed E-state index contributed by atoms with van der Waals surface area (Å²) in [6.45, 7) is 1.95. The SMILES string of the molecule is Cc1cccc(C[C@@H](NC(=O)c2ccc3ccccc3c2)C(=O)O)c1. The van der Waals surface area contributed by atoms with Gasteiger partial charge in [-0.05, 0) is 35.4 Å². The van der Waals surface area contributed by atoms with E-state index in [0.717, 1.165) is 21.9 Å². The van der Waals surface area contributed by atoms with Crippen molar-refractivity contribution in [2.45, 2.75) is 19.4 Å². The third-order valence-corrected chi connectivity index (χ3v) is 4.14. The molecule has 3 aromatic carbocycles. The zero-order valence-corrected chi connectivity index (χ0v) is 13.9. The molecule has 0 unspecified atom stereocenters. The molecule has 0 fully saturated rings. The lowest BCUT2D eigenvalue weighted by molar-refractivity contribution is -0.139. The molecular weight excluding hydrogens is 314 g/mol. The van der Waals surface area contributed by atoms with Crippen LogP contribution >= 0.6 is 0 Å². The molecule has 3 rings (SSSR count). The van der Waals surface area contributed by atoms with Gasteiger partial charge >= 0.3 is 5.97 Å². The maximum Gasteiger partial charge on any atom is 0.326 e. The number of amides is 1.